The molecule has 0 amide bonds. The van der Waals surface area contributed by atoms with Crippen LogP contribution in [-0.4, -0.2) is 21.0 Å². The van der Waals surface area contributed by atoms with Crippen molar-refractivity contribution in [2.24, 2.45) is 0 Å². The van der Waals surface area contributed by atoms with E-state index in [4.69, 9.17) is 5.11 Å². The Morgan fingerprint density at radius 1 is 1.73 bits per heavy atom. The van der Waals surface area contributed by atoms with Crippen LogP contribution in [0.15, 0.2) is 31.4 Å². The van der Waals surface area contributed by atoms with Gasteiger partial charge in [-0.25, -0.2) is 9.78 Å². The summed E-state index contributed by atoms with van der Waals surface area (Å²) in [5.41, 5.74) is 0. The highest BCUT2D eigenvalue weighted by Crippen LogP contribution is 1.62. The number of rotatable bonds is 1. The van der Waals surface area contributed by atoms with E-state index in [0.29, 0.717) is 0 Å². The minimum atomic E-state index is -0.981. The molecule has 0 spiro atoms. The maximum absolute atomic E-state index is 9.25. The number of H-pyrrole nitrogens is 1. The van der Waals surface area contributed by atoms with E-state index in [2.05, 4.69) is 16.5 Å². The van der Waals surface area contributed by atoms with Crippen LogP contribution < -0.4 is 0 Å². The molecule has 5 heteroatoms. The number of halogens is 1. The van der Waals surface area contributed by atoms with Crippen molar-refractivity contribution < 1.29 is 9.90 Å². The van der Waals surface area contributed by atoms with Gasteiger partial charge in [-0.05, 0) is 0 Å². The lowest BCUT2D eigenvalue weighted by Gasteiger charge is -1.64. The molecule has 2 N–H and O–H groups in total. The smallest absolute Gasteiger partial charge is 0.327 e. The predicted molar refractivity (Wildman–Crippen MR) is 46.7 cm³/mol. The van der Waals surface area contributed by atoms with Crippen LogP contribution >= 0.6 is 17.0 Å². The molecule has 0 bridgehead atoms. The number of hydrogen-bond acceptors (Lipinski definition) is 2. The molecular weight excluding hydrogens is 212 g/mol. The molecule has 4 nitrogen and oxygen atoms in total. The zero-order chi connectivity index (χ0) is 7.82. The number of nitrogens with zero attached hydrogens (tertiary/aromatic N) is 1. The van der Waals surface area contributed by atoms with Gasteiger partial charge >= 0.3 is 5.97 Å². The summed E-state index contributed by atoms with van der Waals surface area (Å²) in [6, 6.07) is 0. The van der Waals surface area contributed by atoms with E-state index in [1.165, 1.54) is 0 Å². The van der Waals surface area contributed by atoms with Crippen LogP contribution in [0.3, 0.4) is 0 Å². The maximum atomic E-state index is 9.25. The van der Waals surface area contributed by atoms with Gasteiger partial charge in [-0.1, -0.05) is 6.58 Å². The number of aromatic amines is 1. The Morgan fingerprint density at radius 3 is 2.36 bits per heavy atom. The zero-order valence-electron chi connectivity index (χ0n) is 5.73. The molecule has 0 aliphatic heterocycles. The summed E-state index contributed by atoms with van der Waals surface area (Å²) in [6.07, 6.45) is 5.92. The summed E-state index contributed by atoms with van der Waals surface area (Å²) >= 11 is 0. The minimum absolute atomic E-state index is 0. The van der Waals surface area contributed by atoms with Gasteiger partial charge in [0, 0.05) is 18.5 Å². The van der Waals surface area contributed by atoms with Crippen molar-refractivity contribution in [3.8, 4) is 0 Å². The minimum Gasteiger partial charge on any atom is -0.478 e. The molecule has 0 radical (unpaired) electrons. The molecule has 0 aromatic carbocycles. The van der Waals surface area contributed by atoms with Gasteiger partial charge in [0.1, 0.15) is 0 Å². The van der Waals surface area contributed by atoms with Crippen LogP contribution in [0.25, 0.3) is 0 Å². The number of aliphatic carboxylic acids is 1. The first-order chi connectivity index (χ1) is 4.77. The quantitative estimate of drug-likeness (QED) is 0.701. The standard InChI is InChI=1S/C3H4N2.C3H4O2.BrH/c1-2-5-3-4-1;1-2-3(4)5;/h1-3H,(H,4,5);2H,1H2,(H,4,5);1H. The van der Waals surface area contributed by atoms with Crippen molar-refractivity contribution in [3.63, 3.8) is 0 Å². The first-order valence-corrected chi connectivity index (χ1v) is 2.55. The number of hydrogen-bond donors (Lipinski definition) is 2. The Hall–Kier alpha value is -1.10. The Balaban J connectivity index is 0. The Kier molecular flexibility index (Phi) is 10.2. The van der Waals surface area contributed by atoms with Gasteiger partial charge in [-0.3, -0.25) is 0 Å². The van der Waals surface area contributed by atoms with Crippen LogP contribution in [0.1, 0.15) is 0 Å². The average molecular weight is 221 g/mol. The third-order valence-electron chi connectivity index (χ3n) is 0.581. The van der Waals surface area contributed by atoms with Crippen molar-refractivity contribution >= 4 is 23.0 Å². The molecule has 1 heterocycles. The molecule has 0 saturated carbocycles. The van der Waals surface area contributed by atoms with Gasteiger partial charge in [-0.2, -0.15) is 0 Å². The largest absolute Gasteiger partial charge is 0.478 e. The molecule has 1 aromatic heterocycles. The number of carbonyl (C=O) groups is 1. The fourth-order valence-electron chi connectivity index (χ4n) is 0.215. The summed E-state index contributed by atoms with van der Waals surface area (Å²) in [6.45, 7) is 2.96. The third-order valence-corrected chi connectivity index (χ3v) is 0.581. The van der Waals surface area contributed by atoms with Crippen molar-refractivity contribution in [1.82, 2.24) is 9.97 Å². The lowest BCUT2D eigenvalue weighted by molar-refractivity contribution is -0.131. The highest BCUT2D eigenvalue weighted by molar-refractivity contribution is 8.93. The molecule has 62 valence electrons. The Bertz CT molecular complexity index is 169. The number of carboxylic acid groups (broad SMARTS) is 1. The summed E-state index contributed by atoms with van der Waals surface area (Å²) < 4.78 is 0. The van der Waals surface area contributed by atoms with E-state index in [1.54, 1.807) is 18.7 Å². The summed E-state index contributed by atoms with van der Waals surface area (Å²) in [5.74, 6) is -0.981. The molecular formula is C6H9BrN2O2. The molecule has 1 aromatic rings. The van der Waals surface area contributed by atoms with Crippen molar-refractivity contribution in [1.29, 1.82) is 0 Å². The van der Waals surface area contributed by atoms with Crippen LogP contribution in [-0.2, 0) is 4.79 Å². The van der Waals surface area contributed by atoms with Gasteiger partial charge in [0.05, 0.1) is 6.33 Å². The van der Waals surface area contributed by atoms with Crippen LogP contribution in [0, 0.1) is 0 Å². The number of nitrogens with one attached hydrogen (secondary N) is 1. The maximum Gasteiger partial charge on any atom is 0.327 e. The summed E-state index contributed by atoms with van der Waals surface area (Å²) in [7, 11) is 0. The number of carboxylic acids is 1. The van der Waals surface area contributed by atoms with E-state index in [-0.39, 0.29) is 17.0 Å². The fraction of sp³-hybridized carbons (Fsp3) is 0. The molecule has 0 fully saturated rings. The summed E-state index contributed by atoms with van der Waals surface area (Å²) in [4.78, 5) is 15.7. The van der Waals surface area contributed by atoms with E-state index in [9.17, 15) is 4.79 Å². The molecule has 0 saturated heterocycles. The molecule has 0 aliphatic carbocycles. The normalized spacial score (nSPS) is 6.55. The topological polar surface area (TPSA) is 66.0 Å². The lowest BCUT2D eigenvalue weighted by atomic mass is 10.7. The van der Waals surface area contributed by atoms with E-state index >= 15 is 0 Å². The number of aromatic nitrogens is 2. The van der Waals surface area contributed by atoms with Crippen molar-refractivity contribution in [2.45, 2.75) is 0 Å². The average Bonchev–Trinajstić information content (AvgIpc) is 2.43. The van der Waals surface area contributed by atoms with Crippen molar-refractivity contribution in [2.75, 3.05) is 0 Å². The first-order valence-electron chi connectivity index (χ1n) is 2.55. The highest BCUT2D eigenvalue weighted by Gasteiger charge is 1.73. The zero-order valence-corrected chi connectivity index (χ0v) is 7.44. The van der Waals surface area contributed by atoms with Crippen LogP contribution in [0.2, 0.25) is 0 Å². The fourth-order valence-corrected chi connectivity index (χ4v) is 0.215. The van der Waals surface area contributed by atoms with Gasteiger partial charge in [0.2, 0.25) is 0 Å². The third kappa shape index (κ3) is 12.2. The van der Waals surface area contributed by atoms with E-state index in [1.807, 2.05) is 0 Å². The lowest BCUT2D eigenvalue weighted by Crippen LogP contribution is -1.82. The van der Waals surface area contributed by atoms with Crippen LogP contribution in [0.5, 0.6) is 0 Å². The summed E-state index contributed by atoms with van der Waals surface area (Å²) in [5, 5.41) is 7.60. The van der Waals surface area contributed by atoms with Crippen LogP contribution in [0.4, 0.5) is 0 Å². The highest BCUT2D eigenvalue weighted by atomic mass is 79.9. The Labute approximate surface area is 74.7 Å². The monoisotopic (exact) mass is 220 g/mol. The van der Waals surface area contributed by atoms with Crippen molar-refractivity contribution in [3.05, 3.63) is 31.4 Å². The predicted octanol–water partition coefficient (Wildman–Crippen LogP) is 1.24. The van der Waals surface area contributed by atoms with Gasteiger partial charge < -0.3 is 10.1 Å². The second-order valence-corrected chi connectivity index (χ2v) is 1.30. The molecule has 0 aliphatic rings. The van der Waals surface area contributed by atoms with E-state index in [0.717, 1.165) is 6.08 Å². The van der Waals surface area contributed by atoms with Gasteiger partial charge in [0.15, 0.2) is 0 Å². The van der Waals surface area contributed by atoms with E-state index < -0.39 is 5.97 Å². The molecule has 1 rings (SSSR count). The molecule has 11 heavy (non-hydrogen) atoms. The second kappa shape index (κ2) is 8.90. The SMILES string of the molecule is Br.C=CC(=O)O.c1c[nH]cn1. The first kappa shape index (κ1) is 12.6. The molecule has 0 atom stereocenters. The van der Waals surface area contributed by atoms with Gasteiger partial charge in [0.25, 0.3) is 0 Å². The number of imidazole rings is 1. The Morgan fingerprint density at radius 2 is 2.27 bits per heavy atom. The van der Waals surface area contributed by atoms with Gasteiger partial charge in [-0.15, -0.1) is 17.0 Å². The second-order valence-electron chi connectivity index (χ2n) is 1.30. The molecule has 0 unspecified atom stereocenters.